The Morgan fingerprint density at radius 1 is 1.27 bits per heavy atom. The van der Waals surface area contributed by atoms with E-state index >= 15 is 0 Å². The zero-order valence-electron chi connectivity index (χ0n) is 14.9. The van der Waals surface area contributed by atoms with Crippen molar-refractivity contribution in [1.29, 1.82) is 0 Å². The van der Waals surface area contributed by atoms with Crippen LogP contribution in [0.5, 0.6) is 5.75 Å². The molecule has 5 rings (SSSR count). The molecule has 2 aliphatic heterocycles. The van der Waals surface area contributed by atoms with Crippen molar-refractivity contribution in [1.82, 2.24) is 19.5 Å². The fraction of sp³-hybridized carbons (Fsp3) is 0.333. The van der Waals surface area contributed by atoms with Crippen molar-refractivity contribution >= 4 is 5.65 Å². The van der Waals surface area contributed by atoms with Crippen LogP contribution in [0, 0.1) is 0 Å². The fourth-order valence-corrected chi connectivity index (χ4v) is 4.52. The van der Waals surface area contributed by atoms with Crippen LogP contribution < -0.4 is 4.74 Å². The second kappa shape index (κ2) is 5.95. The van der Waals surface area contributed by atoms with E-state index in [1.54, 1.807) is 7.11 Å². The molecule has 1 aromatic carbocycles. The van der Waals surface area contributed by atoms with Gasteiger partial charge >= 0.3 is 0 Å². The second-order valence-electron chi connectivity index (χ2n) is 7.12. The topological polar surface area (TPSA) is 42.7 Å². The van der Waals surface area contributed by atoms with E-state index < -0.39 is 0 Å². The minimum Gasteiger partial charge on any atom is -0.497 e. The second-order valence-corrected chi connectivity index (χ2v) is 7.12. The van der Waals surface area contributed by atoms with Gasteiger partial charge in [0.1, 0.15) is 5.75 Å². The lowest BCUT2D eigenvalue weighted by atomic mass is 9.99. The molecule has 4 heterocycles. The minimum atomic E-state index is 0.451. The number of ether oxygens (including phenoxy) is 1. The molecule has 2 aliphatic rings. The van der Waals surface area contributed by atoms with Gasteiger partial charge in [-0.2, -0.15) is 5.10 Å². The molecule has 0 spiro atoms. The van der Waals surface area contributed by atoms with Crippen LogP contribution in [0.2, 0.25) is 0 Å². The summed E-state index contributed by atoms with van der Waals surface area (Å²) in [5.74, 6) is 0.854. The van der Waals surface area contributed by atoms with Gasteiger partial charge in [-0.15, -0.1) is 6.58 Å². The smallest absolute Gasteiger partial charge is 0.155 e. The molecule has 2 aromatic heterocycles. The summed E-state index contributed by atoms with van der Waals surface area (Å²) in [6.07, 6.45) is 7.54. The van der Waals surface area contributed by atoms with Crippen molar-refractivity contribution in [2.24, 2.45) is 0 Å². The first-order valence-corrected chi connectivity index (χ1v) is 9.17. The van der Waals surface area contributed by atoms with Crippen molar-refractivity contribution in [2.45, 2.75) is 31.3 Å². The Kier molecular flexibility index (Phi) is 3.57. The van der Waals surface area contributed by atoms with Crippen molar-refractivity contribution < 1.29 is 4.74 Å². The molecular formula is C21H22N4O. The highest BCUT2D eigenvalue weighted by atomic mass is 16.5. The normalized spacial score (nSPS) is 21.7. The fourth-order valence-electron chi connectivity index (χ4n) is 4.52. The summed E-state index contributed by atoms with van der Waals surface area (Å²) < 4.78 is 7.31. The Morgan fingerprint density at radius 2 is 2.12 bits per heavy atom. The highest BCUT2D eigenvalue weighted by molar-refractivity contribution is 5.65. The first-order valence-electron chi connectivity index (χ1n) is 9.17. The molecule has 0 aliphatic carbocycles. The van der Waals surface area contributed by atoms with Crippen LogP contribution in [0.3, 0.4) is 0 Å². The molecule has 0 N–H and O–H groups in total. The van der Waals surface area contributed by atoms with Crippen LogP contribution in [-0.4, -0.2) is 39.2 Å². The summed E-state index contributed by atoms with van der Waals surface area (Å²) in [5, 5.41) is 4.89. The molecule has 2 atom stereocenters. The molecule has 5 heteroatoms. The number of fused-ring (bicyclic) bond motifs is 6. The number of rotatable bonds is 4. The van der Waals surface area contributed by atoms with E-state index in [1.807, 2.05) is 30.3 Å². The lowest BCUT2D eigenvalue weighted by Gasteiger charge is -2.35. The number of hydrogen-bond donors (Lipinski definition) is 0. The quantitative estimate of drug-likeness (QED) is 0.676. The molecule has 0 radical (unpaired) electrons. The summed E-state index contributed by atoms with van der Waals surface area (Å²) in [6, 6.07) is 11.1. The Bertz CT molecular complexity index is 976. The van der Waals surface area contributed by atoms with E-state index in [2.05, 4.69) is 28.3 Å². The first-order chi connectivity index (χ1) is 12.8. The first kappa shape index (κ1) is 15.6. The van der Waals surface area contributed by atoms with Gasteiger partial charge in [-0.25, -0.2) is 9.50 Å². The van der Waals surface area contributed by atoms with Gasteiger partial charge in [-0.05, 0) is 37.1 Å². The highest BCUT2D eigenvalue weighted by Gasteiger charge is 2.40. The summed E-state index contributed by atoms with van der Waals surface area (Å²) >= 11 is 0. The maximum atomic E-state index is 5.25. The number of aromatic nitrogens is 3. The highest BCUT2D eigenvalue weighted by Crippen LogP contribution is 2.43. The predicted molar refractivity (Wildman–Crippen MR) is 101 cm³/mol. The molecule has 0 saturated carbocycles. The zero-order valence-corrected chi connectivity index (χ0v) is 14.9. The van der Waals surface area contributed by atoms with E-state index in [-0.39, 0.29) is 0 Å². The largest absolute Gasteiger partial charge is 0.497 e. The van der Waals surface area contributed by atoms with E-state index in [4.69, 9.17) is 14.8 Å². The zero-order chi connectivity index (χ0) is 17.7. The van der Waals surface area contributed by atoms with Gasteiger partial charge in [-0.1, -0.05) is 6.08 Å². The number of methoxy groups -OCH3 is 1. The lowest BCUT2D eigenvalue weighted by Crippen LogP contribution is -2.38. The molecule has 3 aromatic rings. The molecule has 132 valence electrons. The Balaban J connectivity index is 1.58. The molecule has 2 unspecified atom stereocenters. The van der Waals surface area contributed by atoms with Crippen molar-refractivity contribution in [3.8, 4) is 17.0 Å². The maximum absolute atomic E-state index is 5.25. The summed E-state index contributed by atoms with van der Waals surface area (Å²) in [7, 11) is 1.68. The molecule has 26 heavy (non-hydrogen) atoms. The van der Waals surface area contributed by atoms with Gasteiger partial charge in [0, 0.05) is 48.4 Å². The number of nitrogens with zero attached hydrogens (tertiary/aromatic N) is 4. The van der Waals surface area contributed by atoms with Gasteiger partial charge < -0.3 is 4.74 Å². The van der Waals surface area contributed by atoms with Gasteiger partial charge in [0.05, 0.1) is 18.5 Å². The van der Waals surface area contributed by atoms with Crippen LogP contribution in [0.1, 0.15) is 30.1 Å². The number of hydrogen-bond acceptors (Lipinski definition) is 4. The molecule has 5 nitrogen and oxygen atoms in total. The summed E-state index contributed by atoms with van der Waals surface area (Å²) in [4.78, 5) is 7.28. The Hall–Kier alpha value is -2.66. The third-order valence-electron chi connectivity index (χ3n) is 5.77. The maximum Gasteiger partial charge on any atom is 0.155 e. The van der Waals surface area contributed by atoms with Crippen molar-refractivity contribution in [3.05, 3.63) is 60.4 Å². The van der Waals surface area contributed by atoms with Gasteiger partial charge in [0.15, 0.2) is 5.65 Å². The van der Waals surface area contributed by atoms with E-state index in [0.717, 1.165) is 35.6 Å². The average molecular weight is 346 g/mol. The van der Waals surface area contributed by atoms with Gasteiger partial charge in [-0.3, -0.25) is 4.90 Å². The third kappa shape index (κ3) is 2.27. The molecule has 1 saturated heterocycles. The van der Waals surface area contributed by atoms with Gasteiger partial charge in [0.25, 0.3) is 0 Å². The van der Waals surface area contributed by atoms with Crippen molar-refractivity contribution in [3.63, 3.8) is 0 Å². The van der Waals surface area contributed by atoms with Gasteiger partial charge in [0.2, 0.25) is 0 Å². The lowest BCUT2D eigenvalue weighted by molar-refractivity contribution is 0.195. The summed E-state index contributed by atoms with van der Waals surface area (Å²) in [6.45, 7) is 4.87. The van der Waals surface area contributed by atoms with E-state index in [0.29, 0.717) is 12.1 Å². The minimum absolute atomic E-state index is 0.451. The molecule has 1 fully saturated rings. The third-order valence-corrected chi connectivity index (χ3v) is 5.77. The van der Waals surface area contributed by atoms with Crippen LogP contribution >= 0.6 is 0 Å². The summed E-state index contributed by atoms with van der Waals surface area (Å²) in [5.41, 5.74) is 5.61. The average Bonchev–Trinajstić information content (AvgIpc) is 3.23. The SMILES string of the molecule is C=CCN1C2CCC1c1cnc3cc(-c4ccc(OC)cc4)nn3c1C2. The van der Waals surface area contributed by atoms with E-state index in [1.165, 1.54) is 24.1 Å². The van der Waals surface area contributed by atoms with Crippen molar-refractivity contribution in [2.75, 3.05) is 13.7 Å². The molecular weight excluding hydrogens is 324 g/mol. The molecule has 2 bridgehead atoms. The van der Waals surface area contributed by atoms with Crippen LogP contribution in [0.15, 0.2) is 49.2 Å². The van der Waals surface area contributed by atoms with E-state index in [9.17, 15) is 0 Å². The predicted octanol–water partition coefficient (Wildman–Crippen LogP) is 3.65. The number of benzene rings is 1. The molecule has 0 amide bonds. The van der Waals surface area contributed by atoms with Crippen LogP contribution in [0.4, 0.5) is 0 Å². The Labute approximate surface area is 152 Å². The Morgan fingerprint density at radius 3 is 2.88 bits per heavy atom. The van der Waals surface area contributed by atoms with Crippen LogP contribution in [-0.2, 0) is 6.42 Å². The standard InChI is InChI=1S/C21H22N4O/c1-3-10-24-15-6-9-19(24)17-13-22-21-12-18(23-25(21)20(17)11-15)14-4-7-16(26-2)8-5-14/h3-5,7-8,12-13,15,19H,1,6,9-11H2,2H3. The van der Waals surface area contributed by atoms with Crippen LogP contribution in [0.25, 0.3) is 16.9 Å². The monoisotopic (exact) mass is 346 g/mol.